The molecule has 0 atom stereocenters. The number of ether oxygens (including phenoxy) is 2. The lowest BCUT2D eigenvalue weighted by atomic mass is 9.97. The molecule has 0 amide bonds. The molecular weight excluding hydrogens is 252 g/mol. The van der Waals surface area contributed by atoms with Gasteiger partial charge < -0.3 is 14.8 Å². The van der Waals surface area contributed by atoms with Gasteiger partial charge in [0.05, 0.1) is 13.2 Å². The minimum atomic E-state index is 0.761. The molecule has 0 saturated heterocycles. The van der Waals surface area contributed by atoms with Crippen molar-refractivity contribution in [3.05, 3.63) is 29.3 Å². The smallest absolute Gasteiger partial charge is 0.0589 e. The predicted molar refractivity (Wildman–Crippen MR) is 82.3 cm³/mol. The van der Waals surface area contributed by atoms with Gasteiger partial charge >= 0.3 is 0 Å². The van der Waals surface area contributed by atoms with Gasteiger partial charge in [-0.25, -0.2) is 0 Å². The third-order valence-electron chi connectivity index (χ3n) is 3.81. The fraction of sp³-hybridized carbons (Fsp3) is 0.625. The van der Waals surface area contributed by atoms with Crippen molar-refractivity contribution in [3.63, 3.8) is 0 Å². The molecule has 0 aromatic heterocycles. The number of rotatable bonds is 8. The molecule has 1 aliphatic heterocycles. The Morgan fingerprint density at radius 2 is 1.90 bits per heavy atom. The summed E-state index contributed by atoms with van der Waals surface area (Å²) >= 11 is 0. The largest absolute Gasteiger partial charge is 0.385 e. The molecule has 0 bridgehead atoms. The summed E-state index contributed by atoms with van der Waals surface area (Å²) in [5, 5.41) is 3.49. The third kappa shape index (κ3) is 4.20. The highest BCUT2D eigenvalue weighted by atomic mass is 16.5. The van der Waals surface area contributed by atoms with Gasteiger partial charge in [0.25, 0.3) is 0 Å². The van der Waals surface area contributed by atoms with Gasteiger partial charge in [0.15, 0.2) is 0 Å². The van der Waals surface area contributed by atoms with Gasteiger partial charge in [-0.15, -0.1) is 0 Å². The molecule has 0 aliphatic carbocycles. The Morgan fingerprint density at radius 3 is 2.60 bits per heavy atom. The minimum Gasteiger partial charge on any atom is -0.385 e. The number of fused-ring (bicyclic) bond motifs is 1. The topological polar surface area (TPSA) is 33.7 Å². The van der Waals surface area contributed by atoms with E-state index in [1.807, 2.05) is 0 Å². The molecule has 4 nitrogen and oxygen atoms in total. The van der Waals surface area contributed by atoms with Crippen molar-refractivity contribution < 1.29 is 9.47 Å². The van der Waals surface area contributed by atoms with E-state index in [9.17, 15) is 0 Å². The van der Waals surface area contributed by atoms with Crippen LogP contribution in [0.2, 0.25) is 0 Å². The van der Waals surface area contributed by atoms with Gasteiger partial charge in [-0.1, -0.05) is 12.1 Å². The summed E-state index contributed by atoms with van der Waals surface area (Å²) in [6.07, 6.45) is 2.40. The van der Waals surface area contributed by atoms with Crippen molar-refractivity contribution in [1.29, 1.82) is 0 Å². The summed E-state index contributed by atoms with van der Waals surface area (Å²) in [4.78, 5) is 2.40. The van der Waals surface area contributed by atoms with Crippen LogP contribution in [0.5, 0.6) is 0 Å². The Bertz CT molecular complexity index is 401. The first-order chi connectivity index (χ1) is 9.85. The van der Waals surface area contributed by atoms with Gasteiger partial charge in [0, 0.05) is 46.1 Å². The molecule has 2 rings (SSSR count). The number of anilines is 1. The molecule has 0 radical (unpaired) electrons. The van der Waals surface area contributed by atoms with E-state index in [0.717, 1.165) is 39.4 Å². The van der Waals surface area contributed by atoms with E-state index in [-0.39, 0.29) is 0 Å². The maximum absolute atomic E-state index is 5.21. The van der Waals surface area contributed by atoms with Crippen molar-refractivity contribution in [1.82, 2.24) is 4.90 Å². The zero-order valence-corrected chi connectivity index (χ0v) is 12.7. The second-order valence-electron chi connectivity index (χ2n) is 5.24. The lowest BCUT2D eigenvalue weighted by molar-refractivity contribution is 0.110. The van der Waals surface area contributed by atoms with Crippen LogP contribution in [0, 0.1) is 0 Å². The Kier molecular flexibility index (Phi) is 6.30. The maximum Gasteiger partial charge on any atom is 0.0589 e. The van der Waals surface area contributed by atoms with E-state index in [0.29, 0.717) is 0 Å². The van der Waals surface area contributed by atoms with Crippen LogP contribution in [0.15, 0.2) is 18.2 Å². The van der Waals surface area contributed by atoms with E-state index >= 15 is 0 Å². The Morgan fingerprint density at radius 1 is 1.15 bits per heavy atom. The lowest BCUT2D eigenvalue weighted by Crippen LogP contribution is -2.31. The van der Waals surface area contributed by atoms with E-state index < -0.39 is 0 Å². The number of benzene rings is 1. The Hall–Kier alpha value is -1.10. The van der Waals surface area contributed by atoms with Gasteiger partial charge in [-0.05, 0) is 30.0 Å². The average Bonchev–Trinajstić information content (AvgIpc) is 2.50. The highest BCUT2D eigenvalue weighted by Gasteiger charge is 2.14. The fourth-order valence-electron chi connectivity index (χ4n) is 2.68. The molecular formula is C16H26N2O2. The van der Waals surface area contributed by atoms with Crippen LogP contribution in [0.4, 0.5) is 5.69 Å². The van der Waals surface area contributed by atoms with E-state index in [2.05, 4.69) is 28.4 Å². The molecule has 1 aromatic carbocycles. The quantitative estimate of drug-likeness (QED) is 0.790. The van der Waals surface area contributed by atoms with Crippen molar-refractivity contribution >= 4 is 5.69 Å². The second kappa shape index (κ2) is 8.25. The number of methoxy groups -OCH3 is 2. The molecule has 20 heavy (non-hydrogen) atoms. The zero-order chi connectivity index (χ0) is 14.2. The van der Waals surface area contributed by atoms with Crippen molar-refractivity contribution in [2.75, 3.05) is 52.4 Å². The van der Waals surface area contributed by atoms with Gasteiger partial charge in [0.2, 0.25) is 0 Å². The molecule has 112 valence electrons. The monoisotopic (exact) mass is 278 g/mol. The van der Waals surface area contributed by atoms with E-state index in [1.54, 1.807) is 14.2 Å². The standard InChI is InChI=1S/C16H26N2O2/c1-19-11-9-18(10-12-20-2)13-14-5-3-7-16-15(14)6-4-8-17-16/h3,5,7,17H,4,6,8-13H2,1-2H3. The minimum absolute atomic E-state index is 0.761. The zero-order valence-electron chi connectivity index (χ0n) is 12.7. The van der Waals surface area contributed by atoms with Crippen molar-refractivity contribution in [2.45, 2.75) is 19.4 Å². The first kappa shape index (κ1) is 15.3. The average molecular weight is 278 g/mol. The summed E-state index contributed by atoms with van der Waals surface area (Å²) in [5.41, 5.74) is 4.23. The predicted octanol–water partition coefficient (Wildman–Crippen LogP) is 2.14. The van der Waals surface area contributed by atoms with Crippen LogP contribution >= 0.6 is 0 Å². The third-order valence-corrected chi connectivity index (χ3v) is 3.81. The molecule has 0 fully saturated rings. The van der Waals surface area contributed by atoms with Crippen LogP contribution in [0.3, 0.4) is 0 Å². The summed E-state index contributed by atoms with van der Waals surface area (Å²) < 4.78 is 10.4. The number of hydrogen-bond donors (Lipinski definition) is 1. The molecule has 0 saturated carbocycles. The molecule has 1 N–H and O–H groups in total. The van der Waals surface area contributed by atoms with Crippen molar-refractivity contribution in [3.8, 4) is 0 Å². The van der Waals surface area contributed by atoms with Crippen LogP contribution in [-0.4, -0.2) is 52.0 Å². The number of hydrogen-bond acceptors (Lipinski definition) is 4. The van der Waals surface area contributed by atoms with Gasteiger partial charge in [-0.3, -0.25) is 4.90 Å². The highest BCUT2D eigenvalue weighted by molar-refractivity contribution is 5.56. The Labute approximate surface area is 122 Å². The van der Waals surface area contributed by atoms with Crippen LogP contribution < -0.4 is 5.32 Å². The molecule has 1 heterocycles. The van der Waals surface area contributed by atoms with Gasteiger partial charge in [0.1, 0.15) is 0 Å². The van der Waals surface area contributed by atoms with Crippen LogP contribution in [-0.2, 0) is 22.4 Å². The van der Waals surface area contributed by atoms with Crippen molar-refractivity contribution in [2.24, 2.45) is 0 Å². The number of nitrogens with one attached hydrogen (secondary N) is 1. The van der Waals surface area contributed by atoms with E-state index in [4.69, 9.17) is 9.47 Å². The second-order valence-corrected chi connectivity index (χ2v) is 5.24. The molecule has 0 unspecified atom stereocenters. The van der Waals surface area contributed by atoms with Crippen LogP contribution in [0.1, 0.15) is 17.5 Å². The Balaban J connectivity index is 2.05. The maximum atomic E-state index is 5.21. The first-order valence-electron chi connectivity index (χ1n) is 7.40. The molecule has 0 spiro atoms. The summed E-state index contributed by atoms with van der Waals surface area (Å²) in [5.74, 6) is 0. The van der Waals surface area contributed by atoms with Gasteiger partial charge in [-0.2, -0.15) is 0 Å². The highest BCUT2D eigenvalue weighted by Crippen LogP contribution is 2.26. The lowest BCUT2D eigenvalue weighted by Gasteiger charge is -2.26. The van der Waals surface area contributed by atoms with Crippen LogP contribution in [0.25, 0.3) is 0 Å². The number of nitrogens with zero attached hydrogens (tertiary/aromatic N) is 1. The SMILES string of the molecule is COCCN(CCOC)Cc1cccc2c1CCCN2. The molecule has 1 aromatic rings. The summed E-state index contributed by atoms with van der Waals surface area (Å²) in [7, 11) is 3.51. The molecule has 4 heteroatoms. The first-order valence-corrected chi connectivity index (χ1v) is 7.40. The fourth-order valence-corrected chi connectivity index (χ4v) is 2.68. The summed E-state index contributed by atoms with van der Waals surface area (Å²) in [6.45, 7) is 5.47. The molecule has 1 aliphatic rings. The normalized spacial score (nSPS) is 14.2. The summed E-state index contributed by atoms with van der Waals surface area (Å²) in [6, 6.07) is 6.59. The van der Waals surface area contributed by atoms with E-state index in [1.165, 1.54) is 29.7 Å².